The molecular weight excluding hydrogens is 224 g/mol. The Kier molecular flexibility index (Phi) is 4.51. The van der Waals surface area contributed by atoms with E-state index in [1.807, 2.05) is 0 Å². The molecule has 5 nitrogen and oxygen atoms in total. The second kappa shape index (κ2) is 5.89. The van der Waals surface area contributed by atoms with Gasteiger partial charge in [0.1, 0.15) is 5.75 Å². The summed E-state index contributed by atoms with van der Waals surface area (Å²) in [6.45, 7) is 0. The lowest BCUT2D eigenvalue weighted by Gasteiger charge is -2.10. The number of aliphatic carboxylic acids is 2. The molecule has 5 heteroatoms. The first-order valence-corrected chi connectivity index (χ1v) is 5.10. The number of rotatable bonds is 6. The Balaban J connectivity index is 2.71. The second-order valence-electron chi connectivity index (χ2n) is 3.69. The third-order valence-corrected chi connectivity index (χ3v) is 2.41. The molecule has 0 fully saturated rings. The Bertz CT molecular complexity index is 396. The molecule has 0 aliphatic heterocycles. The molecule has 0 aromatic heterocycles. The van der Waals surface area contributed by atoms with Crippen molar-refractivity contribution in [3.05, 3.63) is 29.8 Å². The molecule has 0 saturated heterocycles. The molecule has 0 aliphatic rings. The van der Waals surface area contributed by atoms with E-state index in [-0.39, 0.29) is 12.8 Å². The molecule has 17 heavy (non-hydrogen) atoms. The highest BCUT2D eigenvalue weighted by Crippen LogP contribution is 2.16. The number of hydrogen-bond donors (Lipinski definition) is 2. The first-order valence-electron chi connectivity index (χ1n) is 5.10. The topological polar surface area (TPSA) is 83.8 Å². The largest absolute Gasteiger partial charge is 0.497 e. The van der Waals surface area contributed by atoms with Crippen LogP contribution in [0.2, 0.25) is 0 Å². The Morgan fingerprint density at radius 3 is 2.24 bits per heavy atom. The van der Waals surface area contributed by atoms with Crippen molar-refractivity contribution in [3.63, 3.8) is 0 Å². The van der Waals surface area contributed by atoms with E-state index in [0.717, 1.165) is 5.56 Å². The number of hydrogen-bond acceptors (Lipinski definition) is 3. The molecule has 0 radical (unpaired) electrons. The van der Waals surface area contributed by atoms with E-state index in [9.17, 15) is 9.59 Å². The zero-order valence-corrected chi connectivity index (χ0v) is 9.42. The van der Waals surface area contributed by atoms with Crippen molar-refractivity contribution in [2.24, 2.45) is 5.92 Å². The molecular formula is C12H14O5. The fourth-order valence-corrected chi connectivity index (χ4v) is 1.50. The van der Waals surface area contributed by atoms with Gasteiger partial charge in [0, 0.05) is 0 Å². The van der Waals surface area contributed by atoms with Gasteiger partial charge >= 0.3 is 11.9 Å². The maximum atomic E-state index is 10.9. The number of benzene rings is 1. The van der Waals surface area contributed by atoms with Gasteiger partial charge in [-0.2, -0.15) is 0 Å². The van der Waals surface area contributed by atoms with Gasteiger partial charge in [0.2, 0.25) is 0 Å². The zero-order valence-electron chi connectivity index (χ0n) is 9.42. The lowest BCUT2D eigenvalue weighted by atomic mass is 9.96. The van der Waals surface area contributed by atoms with E-state index in [1.165, 1.54) is 0 Å². The van der Waals surface area contributed by atoms with Crippen LogP contribution >= 0.6 is 0 Å². The lowest BCUT2D eigenvalue weighted by Crippen LogP contribution is -2.20. The van der Waals surface area contributed by atoms with E-state index in [1.54, 1.807) is 31.4 Å². The average molecular weight is 238 g/mol. The van der Waals surface area contributed by atoms with E-state index < -0.39 is 17.9 Å². The molecule has 0 saturated carbocycles. The highest BCUT2D eigenvalue weighted by molar-refractivity contribution is 5.78. The van der Waals surface area contributed by atoms with Crippen molar-refractivity contribution in [3.8, 4) is 5.75 Å². The van der Waals surface area contributed by atoms with Crippen LogP contribution in [0.5, 0.6) is 5.75 Å². The fraction of sp³-hybridized carbons (Fsp3) is 0.333. The SMILES string of the molecule is COc1ccc(C[C@H](CC(=O)O)C(=O)O)cc1. The quantitative estimate of drug-likeness (QED) is 0.782. The van der Waals surface area contributed by atoms with Crippen LogP contribution in [0.3, 0.4) is 0 Å². The summed E-state index contributed by atoms with van der Waals surface area (Å²) in [5.41, 5.74) is 0.777. The summed E-state index contributed by atoms with van der Waals surface area (Å²) in [5, 5.41) is 17.5. The van der Waals surface area contributed by atoms with Gasteiger partial charge in [-0.15, -0.1) is 0 Å². The molecule has 0 amide bonds. The summed E-state index contributed by atoms with van der Waals surface area (Å²) in [4.78, 5) is 21.4. The molecule has 1 aromatic rings. The molecule has 1 atom stereocenters. The summed E-state index contributed by atoms with van der Waals surface area (Å²) in [6.07, 6.45) is -0.174. The van der Waals surface area contributed by atoms with E-state index in [4.69, 9.17) is 14.9 Å². The van der Waals surface area contributed by atoms with Crippen molar-refractivity contribution in [2.45, 2.75) is 12.8 Å². The minimum Gasteiger partial charge on any atom is -0.497 e. The maximum absolute atomic E-state index is 10.9. The summed E-state index contributed by atoms with van der Waals surface area (Å²) in [5.74, 6) is -2.42. The molecule has 1 rings (SSSR count). The summed E-state index contributed by atoms with van der Waals surface area (Å²) >= 11 is 0. The first kappa shape index (κ1) is 13.0. The summed E-state index contributed by atoms with van der Waals surface area (Å²) in [6, 6.07) is 6.90. The van der Waals surface area contributed by atoms with Gasteiger partial charge in [-0.05, 0) is 24.1 Å². The molecule has 92 valence electrons. The van der Waals surface area contributed by atoms with Gasteiger partial charge in [-0.25, -0.2) is 0 Å². The lowest BCUT2D eigenvalue weighted by molar-refractivity contribution is -0.148. The Labute approximate surface area is 98.6 Å². The van der Waals surface area contributed by atoms with Crippen LogP contribution in [0, 0.1) is 5.92 Å². The second-order valence-corrected chi connectivity index (χ2v) is 3.69. The molecule has 2 N–H and O–H groups in total. The monoisotopic (exact) mass is 238 g/mol. The number of methoxy groups -OCH3 is 1. The van der Waals surface area contributed by atoms with E-state index in [0.29, 0.717) is 5.75 Å². The fourth-order valence-electron chi connectivity index (χ4n) is 1.50. The molecule has 0 aliphatic carbocycles. The van der Waals surface area contributed by atoms with Crippen LogP contribution in [-0.4, -0.2) is 29.3 Å². The normalized spacial score (nSPS) is 11.8. The third-order valence-electron chi connectivity index (χ3n) is 2.41. The average Bonchev–Trinajstić information content (AvgIpc) is 2.28. The molecule has 0 heterocycles. The van der Waals surface area contributed by atoms with Crippen LogP contribution in [0.1, 0.15) is 12.0 Å². The molecule has 0 spiro atoms. The molecule has 1 aromatic carbocycles. The van der Waals surface area contributed by atoms with Gasteiger partial charge in [0.15, 0.2) is 0 Å². The molecule has 0 bridgehead atoms. The van der Waals surface area contributed by atoms with Gasteiger partial charge in [-0.3, -0.25) is 9.59 Å². The highest BCUT2D eigenvalue weighted by atomic mass is 16.5. The summed E-state index contributed by atoms with van der Waals surface area (Å²) < 4.78 is 4.98. The van der Waals surface area contributed by atoms with Gasteiger partial charge < -0.3 is 14.9 Å². The van der Waals surface area contributed by atoms with Crippen molar-refractivity contribution in [1.82, 2.24) is 0 Å². The minimum atomic E-state index is -1.11. The Hall–Kier alpha value is -2.04. The predicted octanol–water partition coefficient (Wildman–Crippen LogP) is 1.41. The van der Waals surface area contributed by atoms with E-state index in [2.05, 4.69) is 0 Å². The number of carboxylic acid groups (broad SMARTS) is 2. The van der Waals surface area contributed by atoms with Crippen molar-refractivity contribution >= 4 is 11.9 Å². The predicted molar refractivity (Wildman–Crippen MR) is 60.1 cm³/mol. The Morgan fingerprint density at radius 1 is 1.24 bits per heavy atom. The van der Waals surface area contributed by atoms with Crippen molar-refractivity contribution in [1.29, 1.82) is 0 Å². The van der Waals surface area contributed by atoms with Crippen LogP contribution in [-0.2, 0) is 16.0 Å². The van der Waals surface area contributed by atoms with Gasteiger partial charge in [-0.1, -0.05) is 12.1 Å². The Morgan fingerprint density at radius 2 is 1.82 bits per heavy atom. The zero-order chi connectivity index (χ0) is 12.8. The highest BCUT2D eigenvalue weighted by Gasteiger charge is 2.21. The van der Waals surface area contributed by atoms with E-state index >= 15 is 0 Å². The van der Waals surface area contributed by atoms with Crippen LogP contribution in [0.25, 0.3) is 0 Å². The number of carboxylic acids is 2. The maximum Gasteiger partial charge on any atom is 0.307 e. The van der Waals surface area contributed by atoms with Gasteiger partial charge in [0.05, 0.1) is 19.4 Å². The van der Waals surface area contributed by atoms with Crippen LogP contribution < -0.4 is 4.74 Å². The molecule has 0 unspecified atom stereocenters. The van der Waals surface area contributed by atoms with Gasteiger partial charge in [0.25, 0.3) is 0 Å². The standard InChI is InChI=1S/C12H14O5/c1-17-10-4-2-8(3-5-10)6-9(12(15)16)7-11(13)14/h2-5,9H,6-7H2,1H3,(H,13,14)(H,15,16)/t9-/m1/s1. The number of carbonyl (C=O) groups is 2. The minimum absolute atomic E-state index is 0.200. The van der Waals surface area contributed by atoms with Crippen LogP contribution in [0.4, 0.5) is 0 Å². The smallest absolute Gasteiger partial charge is 0.307 e. The summed E-state index contributed by atoms with van der Waals surface area (Å²) in [7, 11) is 1.54. The van der Waals surface area contributed by atoms with Crippen molar-refractivity contribution in [2.75, 3.05) is 7.11 Å². The van der Waals surface area contributed by atoms with Crippen molar-refractivity contribution < 1.29 is 24.5 Å². The number of ether oxygens (including phenoxy) is 1. The third kappa shape index (κ3) is 4.14. The van der Waals surface area contributed by atoms with Crippen LogP contribution in [0.15, 0.2) is 24.3 Å². The first-order chi connectivity index (χ1) is 8.02.